The highest BCUT2D eigenvalue weighted by Gasteiger charge is 2.44. The highest BCUT2D eigenvalue weighted by molar-refractivity contribution is 6.74. The predicted octanol–water partition coefficient (Wildman–Crippen LogP) is 4.60. The normalized spacial score (nSPS) is 17.8. The summed E-state index contributed by atoms with van der Waals surface area (Å²) in [7, 11) is 1.11. The lowest BCUT2D eigenvalue weighted by Gasteiger charge is -2.44. The monoisotopic (exact) mass is 470 g/mol. The van der Waals surface area contributed by atoms with Gasteiger partial charge in [0.05, 0.1) is 31.5 Å². The van der Waals surface area contributed by atoms with Gasteiger partial charge in [-0.15, -0.1) is 0 Å². The number of ether oxygens (including phenoxy) is 3. The van der Waals surface area contributed by atoms with Crippen molar-refractivity contribution in [1.29, 1.82) is 0 Å². The molecule has 32 heavy (non-hydrogen) atoms. The molecule has 0 aromatic heterocycles. The van der Waals surface area contributed by atoms with Crippen LogP contribution in [-0.2, 0) is 25.2 Å². The molecule has 0 unspecified atom stereocenters. The lowest BCUT2D eigenvalue weighted by atomic mass is 9.86. The van der Waals surface area contributed by atoms with Crippen LogP contribution in [0.5, 0.6) is 0 Å². The Labute approximate surface area is 196 Å². The molecular formula is C25H46O6Si. The van der Waals surface area contributed by atoms with Gasteiger partial charge < -0.3 is 28.8 Å². The van der Waals surface area contributed by atoms with E-state index in [0.29, 0.717) is 6.61 Å². The summed E-state index contributed by atoms with van der Waals surface area (Å²) >= 11 is 0. The Kier molecular flexibility index (Phi) is 12.0. The average Bonchev–Trinajstić information content (AvgIpc) is 2.72. The number of hydrogen-bond acceptors (Lipinski definition) is 6. The Morgan fingerprint density at radius 3 is 2.00 bits per heavy atom. The Morgan fingerprint density at radius 1 is 0.938 bits per heavy atom. The number of hydrogen-bond donors (Lipinski definition) is 2. The summed E-state index contributed by atoms with van der Waals surface area (Å²) in [5.41, 5.74) is 1.05. The fourth-order valence-electron chi connectivity index (χ4n) is 3.56. The van der Waals surface area contributed by atoms with Crippen LogP contribution in [0.15, 0.2) is 30.3 Å². The van der Waals surface area contributed by atoms with Gasteiger partial charge in [0.1, 0.15) is 0 Å². The SMILES string of the molecule is COC(OC)[C@H](C)[C@@H](O[Si](C)(C)C(C)(C)C)[C@@H](C)[C@@H](O)C[C@H](O)COCc1ccccc1. The van der Waals surface area contributed by atoms with Gasteiger partial charge in [0, 0.05) is 32.5 Å². The minimum atomic E-state index is -2.12. The summed E-state index contributed by atoms with van der Waals surface area (Å²) in [5, 5.41) is 21.5. The Balaban J connectivity index is 2.81. The fraction of sp³-hybridized carbons (Fsp3) is 0.760. The van der Waals surface area contributed by atoms with Gasteiger partial charge in [-0.2, -0.15) is 0 Å². The van der Waals surface area contributed by atoms with Crippen molar-refractivity contribution < 1.29 is 28.8 Å². The second-order valence-corrected chi connectivity index (χ2v) is 15.1. The van der Waals surface area contributed by atoms with E-state index in [4.69, 9.17) is 18.6 Å². The molecule has 1 aromatic carbocycles. The first-order valence-electron chi connectivity index (χ1n) is 11.5. The zero-order valence-corrected chi connectivity index (χ0v) is 22.5. The second-order valence-electron chi connectivity index (χ2n) is 10.4. The van der Waals surface area contributed by atoms with E-state index in [1.165, 1.54) is 0 Å². The average molecular weight is 471 g/mol. The van der Waals surface area contributed by atoms with Gasteiger partial charge in [0.2, 0.25) is 0 Å². The smallest absolute Gasteiger partial charge is 0.192 e. The molecule has 1 rings (SSSR count). The van der Waals surface area contributed by atoms with Crippen LogP contribution in [0.1, 0.15) is 46.6 Å². The van der Waals surface area contributed by atoms with E-state index in [2.05, 4.69) is 33.9 Å². The molecule has 0 aliphatic rings. The molecule has 2 N–H and O–H groups in total. The van der Waals surface area contributed by atoms with Crippen LogP contribution in [0.3, 0.4) is 0 Å². The molecule has 0 fully saturated rings. The molecule has 0 saturated heterocycles. The summed E-state index contributed by atoms with van der Waals surface area (Å²) in [5.74, 6) is -0.328. The van der Waals surface area contributed by atoms with Crippen molar-refractivity contribution in [2.24, 2.45) is 11.8 Å². The summed E-state index contributed by atoms with van der Waals surface area (Å²) in [6.45, 7) is 15.6. The number of aliphatic hydroxyl groups is 2. The van der Waals surface area contributed by atoms with Crippen LogP contribution in [0.25, 0.3) is 0 Å². The van der Waals surface area contributed by atoms with Crippen molar-refractivity contribution in [3.8, 4) is 0 Å². The highest BCUT2D eigenvalue weighted by atomic mass is 28.4. The van der Waals surface area contributed by atoms with Crippen LogP contribution in [0, 0.1) is 11.8 Å². The molecule has 0 heterocycles. The molecule has 0 aliphatic heterocycles. The molecule has 0 bridgehead atoms. The Hall–Kier alpha value is -0.803. The van der Waals surface area contributed by atoms with E-state index in [0.717, 1.165) is 5.56 Å². The van der Waals surface area contributed by atoms with E-state index >= 15 is 0 Å². The first kappa shape index (κ1) is 29.2. The molecular weight excluding hydrogens is 424 g/mol. The van der Waals surface area contributed by atoms with E-state index in [-0.39, 0.29) is 36.0 Å². The van der Waals surface area contributed by atoms with Crippen molar-refractivity contribution >= 4 is 8.32 Å². The number of aliphatic hydroxyl groups excluding tert-OH is 2. The number of rotatable bonds is 14. The molecule has 0 saturated carbocycles. The molecule has 1 aromatic rings. The highest BCUT2D eigenvalue weighted by Crippen LogP contribution is 2.40. The molecule has 0 radical (unpaired) electrons. The van der Waals surface area contributed by atoms with E-state index in [1.807, 2.05) is 44.2 Å². The van der Waals surface area contributed by atoms with Crippen LogP contribution >= 0.6 is 0 Å². The topological polar surface area (TPSA) is 77.4 Å². The van der Waals surface area contributed by atoms with Crippen molar-refractivity contribution in [2.75, 3.05) is 20.8 Å². The third-order valence-electron chi connectivity index (χ3n) is 6.71. The minimum absolute atomic E-state index is 0.0239. The third kappa shape index (κ3) is 8.86. The Bertz CT molecular complexity index is 629. The van der Waals surface area contributed by atoms with Crippen LogP contribution in [0.2, 0.25) is 18.1 Å². The van der Waals surface area contributed by atoms with Gasteiger partial charge in [-0.1, -0.05) is 65.0 Å². The van der Waals surface area contributed by atoms with E-state index in [9.17, 15) is 10.2 Å². The molecule has 5 atom stereocenters. The maximum atomic E-state index is 11.0. The summed E-state index contributed by atoms with van der Waals surface area (Å²) < 4.78 is 23.4. The van der Waals surface area contributed by atoms with E-state index < -0.39 is 26.8 Å². The first-order chi connectivity index (χ1) is 14.8. The van der Waals surface area contributed by atoms with E-state index in [1.54, 1.807) is 14.2 Å². The molecule has 7 heteroatoms. The van der Waals surface area contributed by atoms with Crippen molar-refractivity contribution in [1.82, 2.24) is 0 Å². The summed E-state index contributed by atoms with van der Waals surface area (Å²) in [6.07, 6.45) is -2.03. The maximum Gasteiger partial charge on any atom is 0.192 e. The Morgan fingerprint density at radius 2 is 1.50 bits per heavy atom. The second kappa shape index (κ2) is 13.2. The van der Waals surface area contributed by atoms with Gasteiger partial charge in [-0.25, -0.2) is 0 Å². The predicted molar refractivity (Wildman–Crippen MR) is 131 cm³/mol. The number of methoxy groups -OCH3 is 2. The quantitative estimate of drug-likeness (QED) is 0.306. The lowest BCUT2D eigenvalue weighted by molar-refractivity contribution is -0.165. The van der Waals surface area contributed by atoms with Gasteiger partial charge >= 0.3 is 0 Å². The number of benzene rings is 1. The molecule has 0 aliphatic carbocycles. The summed E-state index contributed by atoms with van der Waals surface area (Å²) in [6, 6.07) is 9.83. The van der Waals surface area contributed by atoms with Gasteiger partial charge in [0.25, 0.3) is 0 Å². The first-order valence-corrected chi connectivity index (χ1v) is 14.5. The van der Waals surface area contributed by atoms with Gasteiger partial charge in [0.15, 0.2) is 14.6 Å². The van der Waals surface area contributed by atoms with Crippen molar-refractivity contribution in [3.63, 3.8) is 0 Å². The van der Waals surface area contributed by atoms with Crippen LogP contribution in [0.4, 0.5) is 0 Å². The lowest BCUT2D eigenvalue weighted by Crippen LogP contribution is -2.51. The van der Waals surface area contributed by atoms with Crippen LogP contribution in [-0.4, -0.2) is 64.0 Å². The zero-order valence-electron chi connectivity index (χ0n) is 21.5. The molecule has 186 valence electrons. The maximum absolute atomic E-state index is 11.0. The standard InChI is InChI=1S/C25H46O6Si/c1-18(22(27)15-21(26)17-30-16-20-13-11-10-12-14-20)23(19(2)24(28-6)29-7)31-32(8,9)25(3,4)5/h10-14,18-19,21-24,26-27H,15-17H2,1-9H3/t18-,19+,21-,22-,23-/m0/s1. The fourth-order valence-corrected chi connectivity index (χ4v) is 5.02. The van der Waals surface area contributed by atoms with Crippen molar-refractivity contribution in [2.45, 2.75) is 90.4 Å². The molecule has 0 amide bonds. The largest absolute Gasteiger partial charge is 0.413 e. The van der Waals surface area contributed by atoms with Crippen LogP contribution < -0.4 is 0 Å². The zero-order chi connectivity index (χ0) is 24.5. The third-order valence-corrected chi connectivity index (χ3v) is 11.2. The van der Waals surface area contributed by atoms with Gasteiger partial charge in [-0.3, -0.25) is 0 Å². The molecule has 6 nitrogen and oxygen atoms in total. The van der Waals surface area contributed by atoms with Gasteiger partial charge in [-0.05, 0) is 23.7 Å². The van der Waals surface area contributed by atoms with Crippen molar-refractivity contribution in [3.05, 3.63) is 35.9 Å². The summed E-state index contributed by atoms with van der Waals surface area (Å²) in [4.78, 5) is 0. The minimum Gasteiger partial charge on any atom is -0.413 e. The molecule has 0 spiro atoms.